The molecule has 0 aliphatic rings. The number of carbonyl (C=O) groups is 4. The SMILES string of the molecule is CCOC(=O)c1cc(C(=O)OCC)c(NC(=O)NC(=O)C(F)(F)F)s1. The van der Waals surface area contributed by atoms with Crippen molar-refractivity contribution in [3.05, 3.63) is 16.5 Å². The van der Waals surface area contributed by atoms with Gasteiger partial charge in [-0.1, -0.05) is 0 Å². The molecule has 8 nitrogen and oxygen atoms in total. The maximum atomic E-state index is 12.1. The van der Waals surface area contributed by atoms with Crippen LogP contribution in [0.4, 0.5) is 23.0 Å². The van der Waals surface area contributed by atoms with Crippen molar-refractivity contribution < 1.29 is 41.8 Å². The van der Waals surface area contributed by atoms with E-state index >= 15 is 0 Å². The Bertz CT molecular complexity index is 686. The fourth-order valence-electron chi connectivity index (χ4n) is 1.46. The van der Waals surface area contributed by atoms with Gasteiger partial charge < -0.3 is 9.47 Å². The summed E-state index contributed by atoms with van der Waals surface area (Å²) in [5.41, 5.74) is -0.260. The highest BCUT2D eigenvalue weighted by Crippen LogP contribution is 2.29. The molecule has 0 aliphatic heterocycles. The summed E-state index contributed by atoms with van der Waals surface area (Å²) in [7, 11) is 0. The first-order valence-corrected chi connectivity index (χ1v) is 7.59. The molecule has 0 saturated carbocycles. The first kappa shape index (κ1) is 20.4. The summed E-state index contributed by atoms with van der Waals surface area (Å²) in [6.45, 7) is 3.10. The molecule has 2 N–H and O–H groups in total. The molecule has 0 saturated heterocycles. The Morgan fingerprint density at radius 2 is 1.64 bits per heavy atom. The van der Waals surface area contributed by atoms with Crippen LogP contribution in [0.25, 0.3) is 0 Å². The summed E-state index contributed by atoms with van der Waals surface area (Å²) in [6, 6.07) is -0.452. The number of amides is 3. The van der Waals surface area contributed by atoms with Gasteiger partial charge in [0.15, 0.2) is 0 Å². The van der Waals surface area contributed by atoms with Gasteiger partial charge in [0.25, 0.3) is 0 Å². The summed E-state index contributed by atoms with van der Waals surface area (Å²) < 4.78 is 45.9. The van der Waals surface area contributed by atoms with Crippen molar-refractivity contribution in [3.8, 4) is 0 Å². The van der Waals surface area contributed by atoms with Gasteiger partial charge in [0.2, 0.25) is 0 Å². The highest BCUT2D eigenvalue weighted by Gasteiger charge is 2.40. The van der Waals surface area contributed by atoms with Crippen molar-refractivity contribution in [2.45, 2.75) is 20.0 Å². The second-order valence-corrected chi connectivity index (χ2v) is 5.25. The fraction of sp³-hybridized carbons (Fsp3) is 0.385. The molecule has 0 aliphatic carbocycles. The molecule has 1 rings (SSSR count). The number of anilines is 1. The molecule has 1 aromatic heterocycles. The van der Waals surface area contributed by atoms with Gasteiger partial charge in [0, 0.05) is 0 Å². The van der Waals surface area contributed by atoms with Crippen molar-refractivity contribution in [2.24, 2.45) is 0 Å². The normalized spacial score (nSPS) is 10.8. The summed E-state index contributed by atoms with van der Waals surface area (Å²) >= 11 is 0.585. The molecule has 0 atom stereocenters. The van der Waals surface area contributed by atoms with Gasteiger partial charge in [-0.15, -0.1) is 11.3 Å². The van der Waals surface area contributed by atoms with Crippen LogP contribution in [-0.4, -0.2) is 43.3 Å². The van der Waals surface area contributed by atoms with Gasteiger partial charge >= 0.3 is 30.1 Å². The van der Waals surface area contributed by atoms with Crippen LogP contribution in [-0.2, 0) is 14.3 Å². The smallest absolute Gasteiger partial charge is 0.462 e. The third-order valence-corrected chi connectivity index (χ3v) is 3.45. The molecule has 1 aromatic rings. The van der Waals surface area contributed by atoms with Crippen LogP contribution in [0.15, 0.2) is 6.07 Å². The standard InChI is InChI=1S/C13H13F3N2O6S/c1-3-23-9(19)6-5-7(10(20)24-4-2)25-8(6)17-12(22)18-11(21)13(14,15)16/h5H,3-4H2,1-2H3,(H2,17,18,21,22). The quantitative estimate of drug-likeness (QED) is 0.756. The van der Waals surface area contributed by atoms with Crippen molar-refractivity contribution in [2.75, 3.05) is 18.5 Å². The lowest BCUT2D eigenvalue weighted by molar-refractivity contribution is -0.172. The lowest BCUT2D eigenvalue weighted by Gasteiger charge is -2.08. The lowest BCUT2D eigenvalue weighted by Crippen LogP contribution is -2.42. The molecule has 1 heterocycles. The number of urea groups is 1. The summed E-state index contributed by atoms with van der Waals surface area (Å²) in [4.78, 5) is 45.7. The van der Waals surface area contributed by atoms with Crippen molar-refractivity contribution in [1.82, 2.24) is 5.32 Å². The van der Waals surface area contributed by atoms with Crippen molar-refractivity contribution in [3.63, 3.8) is 0 Å². The van der Waals surface area contributed by atoms with Crippen LogP contribution >= 0.6 is 11.3 Å². The van der Waals surface area contributed by atoms with E-state index in [0.29, 0.717) is 11.3 Å². The third kappa shape index (κ3) is 5.74. The molecule has 3 amide bonds. The number of nitrogens with one attached hydrogen (secondary N) is 2. The van der Waals surface area contributed by atoms with Gasteiger partial charge in [-0.3, -0.25) is 15.4 Å². The van der Waals surface area contributed by atoms with E-state index in [1.54, 1.807) is 6.92 Å². The fourth-order valence-corrected chi connectivity index (χ4v) is 2.39. The minimum Gasteiger partial charge on any atom is -0.462 e. The highest BCUT2D eigenvalue weighted by atomic mass is 32.1. The molecule has 0 unspecified atom stereocenters. The molecule has 0 bridgehead atoms. The van der Waals surface area contributed by atoms with Crippen LogP contribution in [0, 0.1) is 0 Å². The number of hydrogen-bond donors (Lipinski definition) is 2. The number of ether oxygens (including phenoxy) is 2. The molecule has 138 valence electrons. The zero-order valence-corrected chi connectivity index (χ0v) is 13.8. The first-order chi connectivity index (χ1) is 11.6. The molecule has 0 radical (unpaired) electrons. The van der Waals surface area contributed by atoms with Gasteiger partial charge in [-0.25, -0.2) is 14.4 Å². The number of imide groups is 1. The minimum atomic E-state index is -5.26. The Hall–Kier alpha value is -2.63. The first-order valence-electron chi connectivity index (χ1n) is 6.77. The predicted molar refractivity (Wildman–Crippen MR) is 79.4 cm³/mol. The van der Waals surface area contributed by atoms with E-state index in [2.05, 4.69) is 0 Å². The van der Waals surface area contributed by atoms with Crippen LogP contribution in [0.3, 0.4) is 0 Å². The van der Waals surface area contributed by atoms with E-state index in [1.165, 1.54) is 6.92 Å². The zero-order chi connectivity index (χ0) is 19.2. The van der Waals surface area contributed by atoms with E-state index in [-0.39, 0.29) is 28.7 Å². The molecular weight excluding hydrogens is 369 g/mol. The number of thiophene rings is 1. The van der Waals surface area contributed by atoms with Crippen LogP contribution in [0.1, 0.15) is 33.9 Å². The van der Waals surface area contributed by atoms with Crippen molar-refractivity contribution >= 4 is 40.2 Å². The number of alkyl halides is 3. The second kappa shape index (κ2) is 8.46. The molecule has 12 heteroatoms. The number of halogens is 3. The average molecular weight is 382 g/mol. The van der Waals surface area contributed by atoms with E-state index in [4.69, 9.17) is 9.47 Å². The zero-order valence-electron chi connectivity index (χ0n) is 13.0. The van der Waals surface area contributed by atoms with E-state index in [0.717, 1.165) is 11.4 Å². The van der Waals surface area contributed by atoms with E-state index in [9.17, 15) is 32.3 Å². The number of rotatable bonds is 5. The Morgan fingerprint density at radius 1 is 1.08 bits per heavy atom. The number of esters is 2. The molecule has 25 heavy (non-hydrogen) atoms. The van der Waals surface area contributed by atoms with Crippen molar-refractivity contribution in [1.29, 1.82) is 0 Å². The average Bonchev–Trinajstić information content (AvgIpc) is 2.90. The Labute approximate surface area is 143 Å². The van der Waals surface area contributed by atoms with E-state index < -0.39 is 30.1 Å². The monoisotopic (exact) mass is 382 g/mol. The molecule has 0 spiro atoms. The number of carbonyl (C=O) groups excluding carboxylic acids is 4. The number of hydrogen-bond acceptors (Lipinski definition) is 7. The van der Waals surface area contributed by atoms with E-state index in [1.807, 2.05) is 5.32 Å². The summed E-state index contributed by atoms with van der Waals surface area (Å²) in [6.07, 6.45) is -5.26. The minimum absolute atomic E-state index is 0.0123. The largest absolute Gasteiger partial charge is 0.471 e. The van der Waals surface area contributed by atoms with Gasteiger partial charge in [-0.2, -0.15) is 13.2 Å². The predicted octanol–water partition coefficient (Wildman–Crippen LogP) is 2.31. The topological polar surface area (TPSA) is 111 Å². The maximum Gasteiger partial charge on any atom is 0.471 e. The highest BCUT2D eigenvalue weighted by molar-refractivity contribution is 7.18. The molecule has 0 aromatic carbocycles. The maximum absolute atomic E-state index is 12.1. The van der Waals surface area contributed by atoms with Gasteiger partial charge in [0.05, 0.1) is 18.8 Å². The van der Waals surface area contributed by atoms with Gasteiger partial charge in [-0.05, 0) is 19.9 Å². The van der Waals surface area contributed by atoms with Gasteiger partial charge in [0.1, 0.15) is 9.88 Å². The van der Waals surface area contributed by atoms with Crippen LogP contribution < -0.4 is 10.6 Å². The Morgan fingerprint density at radius 3 is 2.16 bits per heavy atom. The third-order valence-electron chi connectivity index (χ3n) is 2.42. The molecular formula is C13H13F3N2O6S. The summed E-state index contributed by atoms with van der Waals surface area (Å²) in [5.74, 6) is -4.19. The summed E-state index contributed by atoms with van der Waals surface area (Å²) in [5, 5.41) is 2.69. The van der Waals surface area contributed by atoms with Crippen LogP contribution in [0.5, 0.6) is 0 Å². The van der Waals surface area contributed by atoms with Crippen LogP contribution in [0.2, 0.25) is 0 Å². The lowest BCUT2D eigenvalue weighted by atomic mass is 10.3. The Kier molecular flexibility index (Phi) is 6.91. The Balaban J connectivity index is 3.03. The second-order valence-electron chi connectivity index (χ2n) is 4.20. The molecule has 0 fully saturated rings.